The standard InChI is InChI=1S/C25H33ClFN3O4S/c1-5-14-28-25(32)19(3)29(17-20-9-12-22(27)13-10-20)24(31)7-6-15-30(35(4,33)34)23-16-21(26)11-8-18(23)2/h8-13,16,19H,5-7,14-15,17H2,1-4H3,(H,28,32)/t19-/m0/s1. The van der Waals surface area contributed by atoms with Crippen LogP contribution in [-0.2, 0) is 26.2 Å². The first kappa shape index (κ1) is 28.6. The number of amides is 2. The number of benzene rings is 2. The van der Waals surface area contributed by atoms with E-state index in [9.17, 15) is 22.4 Å². The van der Waals surface area contributed by atoms with Crippen LogP contribution in [0.1, 0.15) is 44.2 Å². The van der Waals surface area contributed by atoms with Crippen molar-refractivity contribution in [1.29, 1.82) is 0 Å². The van der Waals surface area contributed by atoms with E-state index < -0.39 is 21.9 Å². The fourth-order valence-corrected chi connectivity index (χ4v) is 4.78. The van der Waals surface area contributed by atoms with Gasteiger partial charge in [0.2, 0.25) is 21.8 Å². The summed E-state index contributed by atoms with van der Waals surface area (Å²) in [6.45, 7) is 6.06. The SMILES string of the molecule is CCCNC(=O)[C@H](C)N(Cc1ccc(F)cc1)C(=O)CCCN(c1cc(Cl)ccc1C)S(C)(=O)=O. The van der Waals surface area contributed by atoms with Gasteiger partial charge in [-0.2, -0.15) is 0 Å². The summed E-state index contributed by atoms with van der Waals surface area (Å²) in [4.78, 5) is 27.2. The molecule has 1 N–H and O–H groups in total. The summed E-state index contributed by atoms with van der Waals surface area (Å²) < 4.78 is 39.5. The zero-order chi connectivity index (χ0) is 26.2. The van der Waals surface area contributed by atoms with Crippen molar-refractivity contribution < 1.29 is 22.4 Å². The van der Waals surface area contributed by atoms with Crippen LogP contribution in [0.15, 0.2) is 42.5 Å². The summed E-state index contributed by atoms with van der Waals surface area (Å²) in [6.07, 6.45) is 2.13. The summed E-state index contributed by atoms with van der Waals surface area (Å²) in [7, 11) is -3.62. The van der Waals surface area contributed by atoms with E-state index in [1.165, 1.54) is 21.3 Å². The Labute approximate surface area is 212 Å². The molecule has 0 heterocycles. The van der Waals surface area contributed by atoms with Gasteiger partial charge < -0.3 is 10.2 Å². The van der Waals surface area contributed by atoms with Gasteiger partial charge in [-0.25, -0.2) is 12.8 Å². The molecule has 0 radical (unpaired) electrons. The third-order valence-electron chi connectivity index (χ3n) is 5.57. The maximum absolute atomic E-state index is 13.3. The van der Waals surface area contributed by atoms with Crippen molar-refractivity contribution in [2.24, 2.45) is 0 Å². The minimum Gasteiger partial charge on any atom is -0.354 e. The molecule has 0 fully saturated rings. The van der Waals surface area contributed by atoms with Crippen LogP contribution in [0.3, 0.4) is 0 Å². The summed E-state index contributed by atoms with van der Waals surface area (Å²) in [5.74, 6) is -0.975. The maximum Gasteiger partial charge on any atom is 0.242 e. The van der Waals surface area contributed by atoms with Gasteiger partial charge in [0.15, 0.2) is 0 Å². The van der Waals surface area contributed by atoms with Gasteiger partial charge >= 0.3 is 0 Å². The van der Waals surface area contributed by atoms with Gasteiger partial charge in [0.25, 0.3) is 0 Å². The molecule has 0 bridgehead atoms. The number of carbonyl (C=O) groups is 2. The molecule has 0 aromatic heterocycles. The van der Waals surface area contributed by atoms with Gasteiger partial charge in [-0.3, -0.25) is 13.9 Å². The van der Waals surface area contributed by atoms with E-state index in [0.717, 1.165) is 18.2 Å². The summed E-state index contributed by atoms with van der Waals surface area (Å²) >= 11 is 6.08. The Morgan fingerprint density at radius 2 is 1.80 bits per heavy atom. The van der Waals surface area contributed by atoms with Gasteiger partial charge in [-0.05, 0) is 62.1 Å². The van der Waals surface area contributed by atoms with E-state index in [0.29, 0.717) is 22.8 Å². The number of halogens is 2. The molecule has 0 aliphatic heterocycles. The van der Waals surface area contributed by atoms with Crippen LogP contribution in [0, 0.1) is 12.7 Å². The number of nitrogens with zero attached hydrogens (tertiary/aromatic N) is 2. The Balaban J connectivity index is 2.18. The highest BCUT2D eigenvalue weighted by Crippen LogP contribution is 2.27. The molecule has 0 saturated carbocycles. The molecule has 0 aliphatic rings. The smallest absolute Gasteiger partial charge is 0.242 e. The van der Waals surface area contributed by atoms with Crippen molar-refractivity contribution in [1.82, 2.24) is 10.2 Å². The van der Waals surface area contributed by atoms with E-state index in [2.05, 4.69) is 5.32 Å². The van der Waals surface area contributed by atoms with Gasteiger partial charge in [0.1, 0.15) is 11.9 Å². The molecule has 2 amide bonds. The van der Waals surface area contributed by atoms with Crippen molar-refractivity contribution in [2.45, 2.75) is 52.6 Å². The topological polar surface area (TPSA) is 86.8 Å². The van der Waals surface area contributed by atoms with Crippen LogP contribution in [-0.4, -0.2) is 50.5 Å². The Bertz CT molecular complexity index is 1130. The lowest BCUT2D eigenvalue weighted by Gasteiger charge is -2.29. The number of sulfonamides is 1. The maximum atomic E-state index is 13.3. The number of anilines is 1. The predicted octanol–water partition coefficient (Wildman–Crippen LogP) is 4.28. The number of hydrogen-bond acceptors (Lipinski definition) is 4. The van der Waals surface area contributed by atoms with Gasteiger partial charge in [-0.15, -0.1) is 0 Å². The summed E-state index contributed by atoms with van der Waals surface area (Å²) in [5.41, 5.74) is 1.88. The van der Waals surface area contributed by atoms with Crippen LogP contribution in [0.4, 0.5) is 10.1 Å². The Kier molecular flexibility index (Phi) is 10.5. The molecule has 2 aromatic rings. The third kappa shape index (κ3) is 8.50. The fourth-order valence-electron chi connectivity index (χ4n) is 3.60. The molecule has 35 heavy (non-hydrogen) atoms. The Morgan fingerprint density at radius 1 is 1.14 bits per heavy atom. The minimum atomic E-state index is -3.62. The van der Waals surface area contributed by atoms with Crippen LogP contribution < -0.4 is 9.62 Å². The number of nitrogens with one attached hydrogen (secondary N) is 1. The quantitative estimate of drug-likeness (QED) is 0.448. The molecular weight excluding hydrogens is 493 g/mol. The second-order valence-electron chi connectivity index (χ2n) is 8.48. The van der Waals surface area contributed by atoms with E-state index in [1.54, 1.807) is 44.2 Å². The third-order valence-corrected chi connectivity index (χ3v) is 6.99. The summed E-state index contributed by atoms with van der Waals surface area (Å²) in [5, 5.41) is 3.21. The highest BCUT2D eigenvalue weighted by atomic mass is 35.5. The van der Waals surface area contributed by atoms with Crippen molar-refractivity contribution in [3.63, 3.8) is 0 Å². The number of rotatable bonds is 12. The number of carbonyl (C=O) groups excluding carboxylic acids is 2. The van der Waals surface area contributed by atoms with Crippen LogP contribution in [0.2, 0.25) is 5.02 Å². The highest BCUT2D eigenvalue weighted by molar-refractivity contribution is 7.92. The average Bonchev–Trinajstić information content (AvgIpc) is 2.80. The van der Waals surface area contributed by atoms with Crippen molar-refractivity contribution >= 4 is 39.1 Å². The Morgan fingerprint density at radius 3 is 2.40 bits per heavy atom. The highest BCUT2D eigenvalue weighted by Gasteiger charge is 2.26. The van der Waals surface area contributed by atoms with Gasteiger partial charge in [-0.1, -0.05) is 36.7 Å². The normalized spacial score (nSPS) is 12.2. The monoisotopic (exact) mass is 525 g/mol. The molecule has 2 aromatic carbocycles. The number of hydrogen-bond donors (Lipinski definition) is 1. The fraction of sp³-hybridized carbons (Fsp3) is 0.440. The number of aryl methyl sites for hydroxylation is 1. The molecule has 0 spiro atoms. The van der Waals surface area contributed by atoms with E-state index in [-0.39, 0.29) is 37.7 Å². The van der Waals surface area contributed by atoms with Crippen molar-refractivity contribution in [3.8, 4) is 0 Å². The van der Waals surface area contributed by atoms with Crippen molar-refractivity contribution in [2.75, 3.05) is 23.7 Å². The molecule has 0 saturated heterocycles. The molecule has 1 atom stereocenters. The van der Waals surface area contributed by atoms with Crippen LogP contribution in [0.5, 0.6) is 0 Å². The predicted molar refractivity (Wildman–Crippen MR) is 137 cm³/mol. The zero-order valence-electron chi connectivity index (χ0n) is 20.6. The first-order valence-corrected chi connectivity index (χ1v) is 13.7. The molecule has 7 nitrogen and oxygen atoms in total. The average molecular weight is 526 g/mol. The van der Waals surface area contributed by atoms with Crippen LogP contribution >= 0.6 is 11.6 Å². The van der Waals surface area contributed by atoms with Gasteiger partial charge in [0.05, 0.1) is 11.9 Å². The molecule has 10 heteroatoms. The van der Waals surface area contributed by atoms with E-state index >= 15 is 0 Å². The second kappa shape index (κ2) is 12.9. The molecular formula is C25H33ClFN3O4S. The Hall–Kier alpha value is -2.65. The first-order chi connectivity index (χ1) is 16.4. The lowest BCUT2D eigenvalue weighted by atomic mass is 10.1. The zero-order valence-corrected chi connectivity index (χ0v) is 22.1. The minimum absolute atomic E-state index is 0.0260. The molecule has 2 rings (SSSR count). The van der Waals surface area contributed by atoms with E-state index in [4.69, 9.17) is 11.6 Å². The molecule has 0 unspecified atom stereocenters. The lowest BCUT2D eigenvalue weighted by molar-refractivity contribution is -0.140. The van der Waals surface area contributed by atoms with Crippen molar-refractivity contribution in [3.05, 3.63) is 64.4 Å². The van der Waals surface area contributed by atoms with Crippen LogP contribution in [0.25, 0.3) is 0 Å². The lowest BCUT2D eigenvalue weighted by Crippen LogP contribution is -2.47. The van der Waals surface area contributed by atoms with Gasteiger partial charge in [0, 0.05) is 31.1 Å². The second-order valence-corrected chi connectivity index (χ2v) is 10.8. The van der Waals surface area contributed by atoms with E-state index in [1.807, 2.05) is 6.92 Å². The molecule has 192 valence electrons. The largest absolute Gasteiger partial charge is 0.354 e. The summed E-state index contributed by atoms with van der Waals surface area (Å²) in [6, 6.07) is 10.00. The molecule has 0 aliphatic carbocycles. The first-order valence-electron chi connectivity index (χ1n) is 11.5.